The van der Waals surface area contributed by atoms with Crippen molar-refractivity contribution in [3.63, 3.8) is 0 Å². The number of hydrogen-bond acceptors (Lipinski definition) is 2. The summed E-state index contributed by atoms with van der Waals surface area (Å²) in [6.45, 7) is 10.7. The standard InChI is InChI=1S/C21H29FN2O2/c1-20(2)17(21(20,3)4)19(26)24-11-5-6-14(13-24)12-23-18(25)15-7-9-16(22)10-8-15/h7-10,14,17H,5-6,11-13H2,1-4H3,(H,23,25)/t14-/m0/s1. The molecule has 1 saturated carbocycles. The summed E-state index contributed by atoms with van der Waals surface area (Å²) in [7, 11) is 0. The third-order valence-corrected chi connectivity index (χ3v) is 6.76. The summed E-state index contributed by atoms with van der Waals surface area (Å²) in [6.07, 6.45) is 1.97. The Morgan fingerprint density at radius 3 is 2.35 bits per heavy atom. The van der Waals surface area contributed by atoms with Crippen molar-refractivity contribution < 1.29 is 14.0 Å². The fourth-order valence-electron chi connectivity index (χ4n) is 4.37. The van der Waals surface area contributed by atoms with Crippen LogP contribution in [-0.4, -0.2) is 36.3 Å². The molecule has 2 fully saturated rings. The maximum Gasteiger partial charge on any atom is 0.251 e. The third-order valence-electron chi connectivity index (χ3n) is 6.76. The quantitative estimate of drug-likeness (QED) is 0.894. The van der Waals surface area contributed by atoms with Crippen LogP contribution in [0.4, 0.5) is 4.39 Å². The summed E-state index contributed by atoms with van der Waals surface area (Å²) in [5.74, 6) is 0.0611. The lowest BCUT2D eigenvalue weighted by Gasteiger charge is -2.33. The van der Waals surface area contributed by atoms with Crippen molar-refractivity contribution in [3.05, 3.63) is 35.6 Å². The number of nitrogens with one attached hydrogen (secondary N) is 1. The van der Waals surface area contributed by atoms with E-state index < -0.39 is 0 Å². The molecule has 2 amide bonds. The molecular formula is C21H29FN2O2. The summed E-state index contributed by atoms with van der Waals surface area (Å²) in [4.78, 5) is 27.1. The molecule has 4 nitrogen and oxygen atoms in total. The molecule has 0 bridgehead atoms. The first-order valence-electron chi connectivity index (χ1n) is 9.47. The van der Waals surface area contributed by atoms with Crippen LogP contribution in [0.1, 0.15) is 50.9 Å². The second-order valence-electron chi connectivity index (χ2n) is 8.89. The number of hydrogen-bond donors (Lipinski definition) is 1. The van der Waals surface area contributed by atoms with E-state index in [1.807, 2.05) is 4.90 Å². The highest BCUT2D eigenvalue weighted by Gasteiger charge is 2.68. The van der Waals surface area contributed by atoms with Gasteiger partial charge in [0.2, 0.25) is 5.91 Å². The van der Waals surface area contributed by atoms with E-state index in [1.165, 1.54) is 24.3 Å². The second-order valence-corrected chi connectivity index (χ2v) is 8.89. The molecule has 26 heavy (non-hydrogen) atoms. The Labute approximate surface area is 155 Å². The van der Waals surface area contributed by atoms with Gasteiger partial charge in [0.15, 0.2) is 0 Å². The maximum absolute atomic E-state index is 13.0. The van der Waals surface area contributed by atoms with Gasteiger partial charge in [0.1, 0.15) is 5.82 Å². The molecule has 1 N–H and O–H groups in total. The van der Waals surface area contributed by atoms with Crippen molar-refractivity contribution in [1.29, 1.82) is 0 Å². The van der Waals surface area contributed by atoms with Crippen LogP contribution in [0.3, 0.4) is 0 Å². The van der Waals surface area contributed by atoms with E-state index in [9.17, 15) is 14.0 Å². The highest BCUT2D eigenvalue weighted by molar-refractivity contribution is 5.94. The van der Waals surface area contributed by atoms with Crippen molar-refractivity contribution in [2.45, 2.75) is 40.5 Å². The molecule has 1 saturated heterocycles. The molecule has 0 radical (unpaired) electrons. The van der Waals surface area contributed by atoms with Gasteiger partial charge in [-0.2, -0.15) is 0 Å². The molecule has 1 atom stereocenters. The molecule has 3 rings (SSSR count). The Bertz CT molecular complexity index is 682. The number of amides is 2. The van der Waals surface area contributed by atoms with Crippen LogP contribution in [0.15, 0.2) is 24.3 Å². The van der Waals surface area contributed by atoms with Crippen molar-refractivity contribution in [1.82, 2.24) is 10.2 Å². The summed E-state index contributed by atoms with van der Waals surface area (Å²) in [5, 5.41) is 2.93. The van der Waals surface area contributed by atoms with Gasteiger partial charge >= 0.3 is 0 Å². The summed E-state index contributed by atoms with van der Waals surface area (Å²) < 4.78 is 13.0. The first kappa shape index (κ1) is 18.9. The highest BCUT2D eigenvalue weighted by Crippen LogP contribution is 2.68. The van der Waals surface area contributed by atoms with Crippen LogP contribution in [0, 0.1) is 28.5 Å². The van der Waals surface area contributed by atoms with Crippen LogP contribution >= 0.6 is 0 Å². The molecule has 5 heteroatoms. The number of benzene rings is 1. The van der Waals surface area contributed by atoms with Crippen LogP contribution in [0.25, 0.3) is 0 Å². The lowest BCUT2D eigenvalue weighted by atomic mass is 9.97. The molecule has 1 aromatic carbocycles. The predicted molar refractivity (Wildman–Crippen MR) is 99.1 cm³/mol. The highest BCUT2D eigenvalue weighted by atomic mass is 19.1. The number of likely N-dealkylation sites (tertiary alicyclic amines) is 1. The van der Waals surface area contributed by atoms with Crippen molar-refractivity contribution >= 4 is 11.8 Å². The topological polar surface area (TPSA) is 49.4 Å². The molecule has 1 aliphatic carbocycles. The van der Waals surface area contributed by atoms with E-state index in [1.54, 1.807) is 0 Å². The molecule has 142 valence electrons. The van der Waals surface area contributed by atoms with E-state index in [0.29, 0.717) is 18.7 Å². The molecule has 1 heterocycles. The lowest BCUT2D eigenvalue weighted by Crippen LogP contribution is -2.45. The van der Waals surface area contributed by atoms with E-state index >= 15 is 0 Å². The predicted octanol–water partition coefficient (Wildman–Crippen LogP) is 3.48. The molecule has 1 aromatic rings. The van der Waals surface area contributed by atoms with Gasteiger partial charge in [-0.15, -0.1) is 0 Å². The Kier molecular flexibility index (Phi) is 4.84. The van der Waals surface area contributed by atoms with E-state index in [0.717, 1.165) is 19.4 Å². The summed E-state index contributed by atoms with van der Waals surface area (Å²) >= 11 is 0. The molecular weight excluding hydrogens is 331 g/mol. The van der Waals surface area contributed by atoms with Gasteiger partial charge in [0, 0.05) is 31.1 Å². The number of nitrogens with zero attached hydrogens (tertiary/aromatic N) is 1. The fourth-order valence-corrected chi connectivity index (χ4v) is 4.37. The normalized spacial score (nSPS) is 24.2. The third kappa shape index (κ3) is 3.36. The monoisotopic (exact) mass is 360 g/mol. The molecule has 2 aliphatic rings. The zero-order chi connectivity index (χ0) is 19.1. The van der Waals surface area contributed by atoms with Gasteiger partial charge in [-0.3, -0.25) is 9.59 Å². The van der Waals surface area contributed by atoms with Gasteiger partial charge in [0.25, 0.3) is 5.91 Å². The minimum atomic E-state index is -0.353. The first-order chi connectivity index (χ1) is 12.1. The fraction of sp³-hybridized carbons (Fsp3) is 0.619. The average molecular weight is 360 g/mol. The SMILES string of the molecule is CC1(C)C(C(=O)N2CCC[C@@H](CNC(=O)c3ccc(F)cc3)C2)C1(C)C. The van der Waals surface area contributed by atoms with E-state index in [-0.39, 0.29) is 40.3 Å². The van der Waals surface area contributed by atoms with Gasteiger partial charge in [-0.1, -0.05) is 27.7 Å². The van der Waals surface area contributed by atoms with Crippen LogP contribution in [0.2, 0.25) is 0 Å². The van der Waals surface area contributed by atoms with E-state index in [4.69, 9.17) is 0 Å². The number of rotatable bonds is 4. The minimum Gasteiger partial charge on any atom is -0.352 e. The van der Waals surface area contributed by atoms with Gasteiger partial charge in [-0.05, 0) is 53.9 Å². The van der Waals surface area contributed by atoms with Gasteiger partial charge in [-0.25, -0.2) is 4.39 Å². The smallest absolute Gasteiger partial charge is 0.251 e. The van der Waals surface area contributed by atoms with Crippen LogP contribution in [0.5, 0.6) is 0 Å². The lowest BCUT2D eigenvalue weighted by molar-refractivity contribution is -0.135. The zero-order valence-electron chi connectivity index (χ0n) is 16.1. The summed E-state index contributed by atoms with van der Waals surface area (Å²) in [5.41, 5.74) is 0.554. The van der Waals surface area contributed by atoms with Crippen LogP contribution < -0.4 is 5.32 Å². The van der Waals surface area contributed by atoms with Gasteiger partial charge in [0.05, 0.1) is 0 Å². The maximum atomic E-state index is 13.0. The van der Waals surface area contributed by atoms with Crippen molar-refractivity contribution in [2.75, 3.05) is 19.6 Å². The largest absolute Gasteiger partial charge is 0.352 e. The second kappa shape index (κ2) is 6.67. The first-order valence-corrected chi connectivity index (χ1v) is 9.47. The summed E-state index contributed by atoms with van der Waals surface area (Å²) in [6, 6.07) is 5.54. The molecule has 1 aliphatic heterocycles. The number of carbonyl (C=O) groups is 2. The van der Waals surface area contributed by atoms with E-state index in [2.05, 4.69) is 33.0 Å². The molecule has 0 spiro atoms. The van der Waals surface area contributed by atoms with Crippen LogP contribution in [-0.2, 0) is 4.79 Å². The minimum absolute atomic E-state index is 0.0494. The Balaban J connectivity index is 1.53. The Morgan fingerprint density at radius 2 is 1.77 bits per heavy atom. The molecule has 0 aromatic heterocycles. The Hall–Kier alpha value is -1.91. The number of piperidine rings is 1. The van der Waals surface area contributed by atoms with Crippen molar-refractivity contribution in [3.8, 4) is 0 Å². The molecule has 0 unspecified atom stereocenters. The average Bonchev–Trinajstić information content (AvgIpc) is 3.02. The zero-order valence-corrected chi connectivity index (χ0v) is 16.1. The number of carbonyl (C=O) groups excluding carboxylic acids is 2. The Morgan fingerprint density at radius 1 is 1.15 bits per heavy atom. The number of halogens is 1. The van der Waals surface area contributed by atoms with Gasteiger partial charge < -0.3 is 10.2 Å². The van der Waals surface area contributed by atoms with Crippen molar-refractivity contribution in [2.24, 2.45) is 22.7 Å².